The highest BCUT2D eigenvalue weighted by Gasteiger charge is 2.33. The van der Waals surface area contributed by atoms with Crippen molar-refractivity contribution in [1.29, 1.82) is 0 Å². The fourth-order valence-corrected chi connectivity index (χ4v) is 3.40. The first-order valence-electron chi connectivity index (χ1n) is 9.63. The highest BCUT2D eigenvalue weighted by molar-refractivity contribution is 5.91. The summed E-state index contributed by atoms with van der Waals surface area (Å²) in [4.78, 5) is 17.0. The molecule has 0 saturated carbocycles. The van der Waals surface area contributed by atoms with Crippen molar-refractivity contribution >= 4 is 11.7 Å². The lowest BCUT2D eigenvalue weighted by atomic mass is 10.1. The molecule has 7 nitrogen and oxygen atoms in total. The van der Waals surface area contributed by atoms with Crippen LogP contribution in [0.15, 0.2) is 67.0 Å². The molecule has 1 saturated heterocycles. The molecule has 29 heavy (non-hydrogen) atoms. The van der Waals surface area contributed by atoms with E-state index in [1.165, 1.54) is 0 Å². The van der Waals surface area contributed by atoms with Gasteiger partial charge >= 0.3 is 6.03 Å². The Morgan fingerprint density at radius 3 is 2.79 bits per heavy atom. The first-order valence-corrected chi connectivity index (χ1v) is 9.63. The molecule has 7 heteroatoms. The number of para-hydroxylation sites is 2. The van der Waals surface area contributed by atoms with Gasteiger partial charge in [-0.2, -0.15) is 0 Å². The van der Waals surface area contributed by atoms with Gasteiger partial charge in [0.15, 0.2) is 0 Å². The highest BCUT2D eigenvalue weighted by atomic mass is 16.5. The first-order chi connectivity index (χ1) is 14.2. The number of hydrogen-bond acceptors (Lipinski definition) is 4. The van der Waals surface area contributed by atoms with Crippen LogP contribution in [0.1, 0.15) is 23.9 Å². The van der Waals surface area contributed by atoms with Crippen LogP contribution < -0.4 is 15.4 Å². The van der Waals surface area contributed by atoms with Crippen LogP contribution in [0.25, 0.3) is 0 Å². The Kier molecular flexibility index (Phi) is 5.76. The maximum absolute atomic E-state index is 12.6. The fraction of sp³-hybridized carbons (Fsp3) is 0.273. The summed E-state index contributed by atoms with van der Waals surface area (Å²) in [5.74, 6) is 1.43. The number of ether oxygens (including phenoxy) is 2. The zero-order valence-corrected chi connectivity index (χ0v) is 16.2. The molecule has 0 aliphatic carbocycles. The molecule has 2 amide bonds. The van der Waals surface area contributed by atoms with Gasteiger partial charge in [-0.25, -0.2) is 9.78 Å². The number of aryl methyl sites for hydroxylation is 1. The van der Waals surface area contributed by atoms with Crippen molar-refractivity contribution in [1.82, 2.24) is 14.9 Å². The second kappa shape index (κ2) is 8.79. The Bertz CT molecular complexity index is 957. The van der Waals surface area contributed by atoms with Gasteiger partial charge in [0.25, 0.3) is 0 Å². The molecular weight excluding hydrogens is 368 g/mol. The smallest absolute Gasteiger partial charge is 0.319 e. The SMILES string of the molecule is Cn1ccnc1[C@@H]1OCC[C@H]1NC(=O)Nc1ccccc1OCc1ccccc1. The van der Waals surface area contributed by atoms with Gasteiger partial charge in [0.1, 0.15) is 24.3 Å². The van der Waals surface area contributed by atoms with E-state index in [9.17, 15) is 4.79 Å². The summed E-state index contributed by atoms with van der Waals surface area (Å²) in [5, 5.41) is 5.91. The van der Waals surface area contributed by atoms with Gasteiger partial charge in [-0.3, -0.25) is 0 Å². The number of aromatic nitrogens is 2. The number of imidazole rings is 1. The molecule has 1 aromatic heterocycles. The molecule has 2 N–H and O–H groups in total. The topological polar surface area (TPSA) is 77.4 Å². The van der Waals surface area contributed by atoms with Gasteiger partial charge < -0.3 is 24.7 Å². The summed E-state index contributed by atoms with van der Waals surface area (Å²) in [6.07, 6.45) is 4.07. The lowest BCUT2D eigenvalue weighted by molar-refractivity contribution is 0.0913. The first kappa shape index (κ1) is 19.0. The molecule has 0 bridgehead atoms. The van der Waals surface area contributed by atoms with E-state index in [0.29, 0.717) is 24.7 Å². The van der Waals surface area contributed by atoms with Crippen molar-refractivity contribution in [2.45, 2.75) is 25.2 Å². The lowest BCUT2D eigenvalue weighted by Gasteiger charge is -2.20. The minimum atomic E-state index is -0.296. The van der Waals surface area contributed by atoms with Gasteiger partial charge in [-0.15, -0.1) is 0 Å². The Morgan fingerprint density at radius 1 is 1.21 bits per heavy atom. The minimum absolute atomic E-state index is 0.145. The molecule has 1 aliphatic rings. The van der Waals surface area contributed by atoms with Crippen molar-refractivity contribution in [2.75, 3.05) is 11.9 Å². The Balaban J connectivity index is 1.39. The predicted molar refractivity (Wildman–Crippen MR) is 110 cm³/mol. The highest BCUT2D eigenvalue weighted by Crippen LogP contribution is 2.28. The number of amides is 2. The number of hydrogen-bond donors (Lipinski definition) is 2. The van der Waals surface area contributed by atoms with Crippen LogP contribution in [0.4, 0.5) is 10.5 Å². The maximum Gasteiger partial charge on any atom is 0.319 e. The van der Waals surface area contributed by atoms with Crippen LogP contribution in [0.3, 0.4) is 0 Å². The van der Waals surface area contributed by atoms with Crippen LogP contribution in [0.2, 0.25) is 0 Å². The average Bonchev–Trinajstić information content (AvgIpc) is 3.36. The van der Waals surface area contributed by atoms with Crippen molar-refractivity contribution in [3.63, 3.8) is 0 Å². The molecule has 2 heterocycles. The molecular formula is C22H24N4O3. The standard InChI is InChI=1S/C22H24N4O3/c1-26-13-12-23-21(26)20-18(11-14-28-20)25-22(27)24-17-9-5-6-10-19(17)29-15-16-7-3-2-4-8-16/h2-10,12-13,18,20H,11,14-15H2,1H3,(H2,24,25,27)/t18-,20-/m1/s1. The van der Waals surface area contributed by atoms with Crippen LogP contribution in [-0.4, -0.2) is 28.2 Å². The number of carbonyl (C=O) groups is 1. The maximum atomic E-state index is 12.6. The monoisotopic (exact) mass is 392 g/mol. The number of nitrogens with zero attached hydrogens (tertiary/aromatic N) is 2. The molecule has 2 atom stereocenters. The predicted octanol–water partition coefficient (Wildman–Crippen LogP) is 3.65. The molecule has 150 valence electrons. The van der Waals surface area contributed by atoms with Gasteiger partial charge in [-0.1, -0.05) is 42.5 Å². The molecule has 0 unspecified atom stereocenters. The molecule has 1 aliphatic heterocycles. The molecule has 3 aromatic rings. The summed E-state index contributed by atoms with van der Waals surface area (Å²) in [6.45, 7) is 1.01. The molecule has 0 spiro atoms. The van der Waals surface area contributed by atoms with Gasteiger partial charge in [0, 0.05) is 26.0 Å². The van der Waals surface area contributed by atoms with E-state index in [1.54, 1.807) is 6.20 Å². The quantitative estimate of drug-likeness (QED) is 0.671. The van der Waals surface area contributed by atoms with Crippen molar-refractivity contribution in [3.8, 4) is 5.75 Å². The Labute approximate surface area is 169 Å². The molecule has 4 rings (SSSR count). The van der Waals surface area contributed by atoms with Gasteiger partial charge in [0.05, 0.1) is 11.7 Å². The zero-order chi connectivity index (χ0) is 20.1. The van der Waals surface area contributed by atoms with Gasteiger partial charge in [0.2, 0.25) is 0 Å². The number of benzene rings is 2. The van der Waals surface area contributed by atoms with Crippen molar-refractivity contribution in [3.05, 3.63) is 78.4 Å². The number of urea groups is 1. The van der Waals surface area contributed by atoms with Crippen LogP contribution in [0.5, 0.6) is 5.75 Å². The second-order valence-corrected chi connectivity index (χ2v) is 6.95. The van der Waals surface area contributed by atoms with Crippen LogP contribution in [-0.2, 0) is 18.4 Å². The summed E-state index contributed by atoms with van der Waals surface area (Å²) in [7, 11) is 1.92. The lowest BCUT2D eigenvalue weighted by Crippen LogP contribution is -2.40. The van der Waals surface area contributed by atoms with E-state index >= 15 is 0 Å². The summed E-state index contributed by atoms with van der Waals surface area (Å²) in [5.41, 5.74) is 1.68. The second-order valence-electron chi connectivity index (χ2n) is 6.95. The third-order valence-corrected chi connectivity index (χ3v) is 4.89. The average molecular weight is 392 g/mol. The van der Waals surface area contributed by atoms with Crippen LogP contribution >= 0.6 is 0 Å². The van der Waals surface area contributed by atoms with E-state index in [0.717, 1.165) is 17.8 Å². The Morgan fingerprint density at radius 2 is 2.00 bits per heavy atom. The van der Waals surface area contributed by atoms with E-state index in [2.05, 4.69) is 15.6 Å². The van der Waals surface area contributed by atoms with E-state index in [1.807, 2.05) is 72.4 Å². The third kappa shape index (κ3) is 4.57. The van der Waals surface area contributed by atoms with Crippen molar-refractivity contribution < 1.29 is 14.3 Å². The van der Waals surface area contributed by atoms with Gasteiger partial charge in [-0.05, 0) is 24.1 Å². The fourth-order valence-electron chi connectivity index (χ4n) is 3.40. The molecule has 0 radical (unpaired) electrons. The number of carbonyl (C=O) groups excluding carboxylic acids is 1. The Hall–Kier alpha value is -3.32. The normalized spacial score (nSPS) is 18.4. The number of rotatable bonds is 6. The van der Waals surface area contributed by atoms with Crippen LogP contribution in [0, 0.1) is 0 Å². The molecule has 2 aromatic carbocycles. The number of nitrogens with one attached hydrogen (secondary N) is 2. The number of anilines is 1. The van der Waals surface area contributed by atoms with E-state index < -0.39 is 0 Å². The summed E-state index contributed by atoms with van der Waals surface area (Å²) in [6, 6.07) is 16.9. The van der Waals surface area contributed by atoms with Crippen molar-refractivity contribution in [2.24, 2.45) is 7.05 Å². The summed E-state index contributed by atoms with van der Waals surface area (Å²) < 4.78 is 13.6. The summed E-state index contributed by atoms with van der Waals surface area (Å²) >= 11 is 0. The largest absolute Gasteiger partial charge is 0.487 e. The zero-order valence-electron chi connectivity index (χ0n) is 16.2. The molecule has 1 fully saturated rings. The third-order valence-electron chi connectivity index (χ3n) is 4.89. The minimum Gasteiger partial charge on any atom is -0.487 e. The van der Waals surface area contributed by atoms with E-state index in [-0.39, 0.29) is 18.2 Å². The van der Waals surface area contributed by atoms with E-state index in [4.69, 9.17) is 9.47 Å².